The van der Waals surface area contributed by atoms with E-state index in [-0.39, 0.29) is 12.0 Å². The van der Waals surface area contributed by atoms with Gasteiger partial charge in [0.25, 0.3) is 0 Å². The number of para-hydroxylation sites is 1. The molecular formula is C20H17ClO5. The molecule has 0 fully saturated rings. The minimum atomic E-state index is -0.443. The Labute approximate surface area is 155 Å². The largest absolute Gasteiger partial charge is 0.482 e. The standard InChI is InChI=1S/C20H17ClO5/c1-3-24-19(23)11-25-17-9-13(8-7-12(17)2)18-10-16(22)14-5-4-6-15(21)20(14)26-18/h4-10H,3,11H2,1-2H3. The molecule has 0 saturated carbocycles. The summed E-state index contributed by atoms with van der Waals surface area (Å²) in [5.74, 6) is 0.440. The molecule has 3 rings (SSSR count). The Morgan fingerprint density at radius 1 is 1.19 bits per heavy atom. The van der Waals surface area contributed by atoms with Crippen molar-refractivity contribution in [3.05, 3.63) is 63.3 Å². The van der Waals surface area contributed by atoms with E-state index in [1.165, 1.54) is 6.07 Å². The molecule has 5 nitrogen and oxygen atoms in total. The second kappa shape index (κ2) is 7.62. The summed E-state index contributed by atoms with van der Waals surface area (Å²) >= 11 is 6.15. The van der Waals surface area contributed by atoms with Gasteiger partial charge in [-0.2, -0.15) is 0 Å². The van der Waals surface area contributed by atoms with Gasteiger partial charge in [-0.25, -0.2) is 4.79 Å². The Morgan fingerprint density at radius 2 is 2.00 bits per heavy atom. The van der Waals surface area contributed by atoms with Crippen molar-refractivity contribution in [2.75, 3.05) is 13.2 Å². The van der Waals surface area contributed by atoms with Crippen molar-refractivity contribution in [2.45, 2.75) is 13.8 Å². The van der Waals surface area contributed by atoms with Crippen LogP contribution in [0.3, 0.4) is 0 Å². The van der Waals surface area contributed by atoms with Crippen molar-refractivity contribution in [1.82, 2.24) is 0 Å². The number of ether oxygens (including phenoxy) is 2. The van der Waals surface area contributed by atoms with E-state index in [9.17, 15) is 9.59 Å². The zero-order chi connectivity index (χ0) is 18.7. The normalized spacial score (nSPS) is 10.7. The van der Waals surface area contributed by atoms with Crippen LogP contribution in [0.4, 0.5) is 0 Å². The number of rotatable bonds is 5. The number of fused-ring (bicyclic) bond motifs is 1. The molecule has 0 spiro atoms. The highest BCUT2D eigenvalue weighted by Crippen LogP contribution is 2.30. The molecule has 26 heavy (non-hydrogen) atoms. The molecule has 0 bridgehead atoms. The summed E-state index contributed by atoms with van der Waals surface area (Å²) < 4.78 is 16.2. The van der Waals surface area contributed by atoms with Gasteiger partial charge in [0.15, 0.2) is 17.6 Å². The minimum absolute atomic E-state index is 0.182. The lowest BCUT2D eigenvalue weighted by Gasteiger charge is -2.11. The molecule has 0 amide bonds. The molecule has 6 heteroatoms. The predicted molar refractivity (Wildman–Crippen MR) is 99.8 cm³/mol. The minimum Gasteiger partial charge on any atom is -0.482 e. The van der Waals surface area contributed by atoms with Crippen LogP contribution in [0.2, 0.25) is 5.02 Å². The second-order valence-corrected chi connectivity index (χ2v) is 6.07. The fourth-order valence-electron chi connectivity index (χ4n) is 2.53. The summed E-state index contributed by atoms with van der Waals surface area (Å²) in [6, 6.07) is 11.8. The van der Waals surface area contributed by atoms with Crippen LogP contribution < -0.4 is 10.2 Å². The Hall–Kier alpha value is -2.79. The van der Waals surface area contributed by atoms with E-state index in [0.29, 0.717) is 39.7 Å². The molecule has 1 aromatic heterocycles. The van der Waals surface area contributed by atoms with Gasteiger partial charge in [0.1, 0.15) is 11.5 Å². The van der Waals surface area contributed by atoms with E-state index in [4.69, 9.17) is 25.5 Å². The number of halogens is 1. The molecular weight excluding hydrogens is 356 g/mol. The van der Waals surface area contributed by atoms with Crippen molar-refractivity contribution in [2.24, 2.45) is 0 Å². The van der Waals surface area contributed by atoms with E-state index in [1.54, 1.807) is 31.2 Å². The highest BCUT2D eigenvalue weighted by molar-refractivity contribution is 6.34. The molecule has 0 N–H and O–H groups in total. The first-order chi connectivity index (χ1) is 12.5. The summed E-state index contributed by atoms with van der Waals surface area (Å²) in [6.07, 6.45) is 0. The van der Waals surface area contributed by atoms with Gasteiger partial charge >= 0.3 is 5.97 Å². The van der Waals surface area contributed by atoms with Crippen LogP contribution in [-0.2, 0) is 9.53 Å². The number of carbonyl (C=O) groups is 1. The molecule has 0 aliphatic rings. The zero-order valence-corrected chi connectivity index (χ0v) is 15.1. The van der Waals surface area contributed by atoms with Gasteiger partial charge in [-0.1, -0.05) is 29.8 Å². The lowest BCUT2D eigenvalue weighted by molar-refractivity contribution is -0.145. The number of hydrogen-bond donors (Lipinski definition) is 0. The molecule has 0 saturated heterocycles. The van der Waals surface area contributed by atoms with E-state index in [0.717, 1.165) is 5.56 Å². The number of carbonyl (C=O) groups excluding carboxylic acids is 1. The summed E-state index contributed by atoms with van der Waals surface area (Å²) in [7, 11) is 0. The van der Waals surface area contributed by atoms with Crippen molar-refractivity contribution >= 4 is 28.5 Å². The van der Waals surface area contributed by atoms with Gasteiger partial charge in [-0.05, 0) is 37.6 Å². The summed E-state index contributed by atoms with van der Waals surface area (Å²) in [6.45, 7) is 3.70. The van der Waals surface area contributed by atoms with Crippen molar-refractivity contribution in [3.8, 4) is 17.1 Å². The molecule has 1 heterocycles. The maximum atomic E-state index is 12.4. The lowest BCUT2D eigenvalue weighted by atomic mass is 10.1. The number of esters is 1. The van der Waals surface area contributed by atoms with Crippen molar-refractivity contribution in [3.63, 3.8) is 0 Å². The molecule has 3 aromatic rings. The molecule has 134 valence electrons. The fourth-order valence-corrected chi connectivity index (χ4v) is 2.75. The van der Waals surface area contributed by atoms with Gasteiger partial charge < -0.3 is 13.9 Å². The highest BCUT2D eigenvalue weighted by atomic mass is 35.5. The first kappa shape index (κ1) is 18.0. The maximum absolute atomic E-state index is 12.4. The van der Waals surface area contributed by atoms with Crippen LogP contribution in [-0.4, -0.2) is 19.2 Å². The summed E-state index contributed by atoms with van der Waals surface area (Å²) in [4.78, 5) is 23.8. The number of aryl methyl sites for hydroxylation is 1. The molecule has 0 aliphatic heterocycles. The number of hydrogen-bond acceptors (Lipinski definition) is 5. The van der Waals surface area contributed by atoms with Crippen LogP contribution in [0.25, 0.3) is 22.3 Å². The molecule has 0 radical (unpaired) electrons. The predicted octanol–water partition coefficient (Wildman–Crippen LogP) is 4.36. The van der Waals surface area contributed by atoms with Gasteiger partial charge in [0.05, 0.1) is 17.0 Å². The molecule has 0 atom stereocenters. The number of benzene rings is 2. The van der Waals surface area contributed by atoms with Crippen molar-refractivity contribution in [1.29, 1.82) is 0 Å². The van der Waals surface area contributed by atoms with E-state index < -0.39 is 5.97 Å². The quantitative estimate of drug-likeness (QED) is 0.622. The first-order valence-electron chi connectivity index (χ1n) is 8.11. The van der Waals surface area contributed by atoms with Crippen LogP contribution in [0.1, 0.15) is 12.5 Å². The van der Waals surface area contributed by atoms with Crippen LogP contribution in [0.15, 0.2) is 51.7 Å². The first-order valence-corrected chi connectivity index (χ1v) is 8.49. The van der Waals surface area contributed by atoms with Crippen LogP contribution in [0, 0.1) is 6.92 Å². The zero-order valence-electron chi connectivity index (χ0n) is 14.4. The average molecular weight is 373 g/mol. The lowest BCUT2D eigenvalue weighted by Crippen LogP contribution is -2.15. The topological polar surface area (TPSA) is 65.7 Å². The van der Waals surface area contributed by atoms with Crippen LogP contribution >= 0.6 is 11.6 Å². The Bertz CT molecular complexity index is 1020. The van der Waals surface area contributed by atoms with Gasteiger partial charge in [0, 0.05) is 11.6 Å². The van der Waals surface area contributed by atoms with Gasteiger partial charge in [0.2, 0.25) is 0 Å². The van der Waals surface area contributed by atoms with E-state index in [2.05, 4.69) is 0 Å². The third kappa shape index (κ3) is 3.73. The fraction of sp³-hybridized carbons (Fsp3) is 0.200. The summed E-state index contributed by atoms with van der Waals surface area (Å²) in [5.41, 5.74) is 1.65. The maximum Gasteiger partial charge on any atom is 0.344 e. The van der Waals surface area contributed by atoms with E-state index >= 15 is 0 Å². The third-order valence-corrected chi connectivity index (χ3v) is 4.13. The Balaban J connectivity index is 1.98. The second-order valence-electron chi connectivity index (χ2n) is 5.67. The monoisotopic (exact) mass is 372 g/mol. The van der Waals surface area contributed by atoms with Gasteiger partial charge in [-0.3, -0.25) is 4.79 Å². The van der Waals surface area contributed by atoms with Crippen molar-refractivity contribution < 1.29 is 18.7 Å². The SMILES string of the molecule is CCOC(=O)COc1cc(-c2cc(=O)c3cccc(Cl)c3o2)ccc1C. The molecule has 0 aliphatic carbocycles. The highest BCUT2D eigenvalue weighted by Gasteiger charge is 2.12. The third-order valence-electron chi connectivity index (χ3n) is 3.83. The van der Waals surface area contributed by atoms with Gasteiger partial charge in [-0.15, -0.1) is 0 Å². The average Bonchev–Trinajstić information content (AvgIpc) is 2.62. The smallest absolute Gasteiger partial charge is 0.344 e. The molecule has 0 unspecified atom stereocenters. The Kier molecular flexibility index (Phi) is 5.28. The summed E-state index contributed by atoms with van der Waals surface area (Å²) in [5, 5.41) is 0.791. The Morgan fingerprint density at radius 3 is 2.77 bits per heavy atom. The molecule has 2 aromatic carbocycles. The van der Waals surface area contributed by atoms with E-state index in [1.807, 2.05) is 19.1 Å². The van der Waals surface area contributed by atoms with Crippen LogP contribution in [0.5, 0.6) is 5.75 Å².